The summed E-state index contributed by atoms with van der Waals surface area (Å²) in [6.07, 6.45) is 5.54. The standard InChI is InChI=1S/C19H30N2O4/c1-23-16-10-13(11-17(24-2)19(16)25-3)8-9-18(22)21-15-7-5-4-6-14(15)12-20/h10-11,14-15H,4-9,12,20H2,1-3H3,(H,21,22). The molecule has 1 aromatic rings. The van der Waals surface area contributed by atoms with Gasteiger partial charge < -0.3 is 25.3 Å². The zero-order valence-corrected chi connectivity index (χ0v) is 15.5. The van der Waals surface area contributed by atoms with E-state index in [1.807, 2.05) is 12.1 Å². The molecule has 1 amide bonds. The highest BCUT2D eigenvalue weighted by molar-refractivity contribution is 5.76. The molecule has 0 saturated heterocycles. The lowest BCUT2D eigenvalue weighted by Gasteiger charge is -2.31. The van der Waals surface area contributed by atoms with Crippen LogP contribution in [0.1, 0.15) is 37.7 Å². The molecule has 0 heterocycles. The highest BCUT2D eigenvalue weighted by Crippen LogP contribution is 2.38. The molecule has 0 radical (unpaired) electrons. The van der Waals surface area contributed by atoms with E-state index in [2.05, 4.69) is 5.32 Å². The van der Waals surface area contributed by atoms with E-state index in [0.717, 1.165) is 24.8 Å². The largest absolute Gasteiger partial charge is 0.493 e. The Kier molecular flexibility index (Phi) is 7.37. The maximum absolute atomic E-state index is 12.3. The van der Waals surface area contributed by atoms with Gasteiger partial charge in [0.25, 0.3) is 0 Å². The third-order valence-electron chi connectivity index (χ3n) is 4.92. The summed E-state index contributed by atoms with van der Waals surface area (Å²) in [6, 6.07) is 3.99. The zero-order valence-electron chi connectivity index (χ0n) is 15.5. The summed E-state index contributed by atoms with van der Waals surface area (Å²) in [5, 5.41) is 3.16. The molecule has 0 bridgehead atoms. The number of ether oxygens (including phenoxy) is 3. The first-order valence-electron chi connectivity index (χ1n) is 8.91. The fourth-order valence-electron chi connectivity index (χ4n) is 3.50. The molecule has 1 fully saturated rings. The first-order chi connectivity index (χ1) is 12.1. The summed E-state index contributed by atoms with van der Waals surface area (Å²) in [7, 11) is 4.75. The Morgan fingerprint density at radius 1 is 1.12 bits per heavy atom. The Morgan fingerprint density at radius 2 is 1.76 bits per heavy atom. The number of nitrogens with two attached hydrogens (primary N) is 1. The molecular weight excluding hydrogens is 320 g/mol. The number of carbonyl (C=O) groups excluding carboxylic acids is 1. The molecule has 0 aromatic heterocycles. The number of aryl methyl sites for hydroxylation is 1. The van der Waals surface area contributed by atoms with Crippen molar-refractivity contribution in [3.8, 4) is 17.2 Å². The Hall–Kier alpha value is -1.95. The Morgan fingerprint density at radius 3 is 2.32 bits per heavy atom. The van der Waals surface area contributed by atoms with Crippen LogP contribution in [0, 0.1) is 5.92 Å². The van der Waals surface area contributed by atoms with Crippen molar-refractivity contribution in [1.29, 1.82) is 0 Å². The highest BCUT2D eigenvalue weighted by atomic mass is 16.5. The van der Waals surface area contributed by atoms with Crippen molar-refractivity contribution in [2.75, 3.05) is 27.9 Å². The number of hydrogen-bond acceptors (Lipinski definition) is 5. The SMILES string of the molecule is COc1cc(CCC(=O)NC2CCCCC2CN)cc(OC)c1OC. The van der Waals surface area contributed by atoms with Gasteiger partial charge in [-0.3, -0.25) is 4.79 Å². The Labute approximate surface area is 150 Å². The van der Waals surface area contributed by atoms with Gasteiger partial charge in [-0.25, -0.2) is 0 Å². The van der Waals surface area contributed by atoms with Crippen molar-refractivity contribution >= 4 is 5.91 Å². The topological polar surface area (TPSA) is 82.8 Å². The predicted molar refractivity (Wildman–Crippen MR) is 97.4 cm³/mol. The lowest BCUT2D eigenvalue weighted by atomic mass is 9.84. The van der Waals surface area contributed by atoms with Crippen molar-refractivity contribution in [2.24, 2.45) is 11.7 Å². The Bertz CT molecular complexity index is 552. The molecule has 1 aliphatic rings. The number of rotatable bonds is 8. The summed E-state index contributed by atoms with van der Waals surface area (Å²) < 4.78 is 16.0. The fraction of sp³-hybridized carbons (Fsp3) is 0.632. The number of nitrogens with one attached hydrogen (secondary N) is 1. The van der Waals surface area contributed by atoms with E-state index in [-0.39, 0.29) is 11.9 Å². The predicted octanol–water partition coefficient (Wildman–Crippen LogP) is 2.28. The first kappa shape index (κ1) is 19.4. The van der Waals surface area contributed by atoms with Crippen molar-refractivity contribution in [3.05, 3.63) is 17.7 Å². The number of methoxy groups -OCH3 is 3. The maximum Gasteiger partial charge on any atom is 0.220 e. The number of carbonyl (C=O) groups is 1. The molecule has 2 atom stereocenters. The molecule has 6 nitrogen and oxygen atoms in total. The summed E-state index contributed by atoms with van der Waals surface area (Å²) in [5.74, 6) is 2.24. The van der Waals surface area contributed by atoms with E-state index in [9.17, 15) is 4.79 Å². The van der Waals surface area contributed by atoms with Crippen LogP contribution in [0.15, 0.2) is 12.1 Å². The molecule has 1 aromatic carbocycles. The zero-order chi connectivity index (χ0) is 18.2. The molecule has 6 heteroatoms. The summed E-state index contributed by atoms with van der Waals surface area (Å²) >= 11 is 0. The van der Waals surface area contributed by atoms with Gasteiger partial charge in [0.15, 0.2) is 11.5 Å². The lowest BCUT2D eigenvalue weighted by Crippen LogP contribution is -2.44. The van der Waals surface area contributed by atoms with Crippen LogP contribution in [0.3, 0.4) is 0 Å². The molecule has 0 aliphatic heterocycles. The van der Waals surface area contributed by atoms with Gasteiger partial charge in [-0.1, -0.05) is 12.8 Å². The third kappa shape index (κ3) is 5.01. The highest BCUT2D eigenvalue weighted by Gasteiger charge is 2.25. The van der Waals surface area contributed by atoms with E-state index in [1.54, 1.807) is 21.3 Å². The van der Waals surface area contributed by atoms with Gasteiger partial charge in [0.1, 0.15) is 0 Å². The average molecular weight is 350 g/mol. The normalized spacial score (nSPS) is 20.0. The smallest absolute Gasteiger partial charge is 0.220 e. The van der Waals surface area contributed by atoms with E-state index in [1.165, 1.54) is 6.42 Å². The summed E-state index contributed by atoms with van der Waals surface area (Å²) in [4.78, 5) is 12.3. The fourth-order valence-corrected chi connectivity index (χ4v) is 3.50. The van der Waals surface area contributed by atoms with E-state index >= 15 is 0 Å². The van der Waals surface area contributed by atoms with Crippen LogP contribution < -0.4 is 25.3 Å². The van der Waals surface area contributed by atoms with Crippen molar-refractivity contribution < 1.29 is 19.0 Å². The molecule has 2 unspecified atom stereocenters. The second-order valence-electron chi connectivity index (χ2n) is 6.49. The van der Waals surface area contributed by atoms with Gasteiger partial charge in [0, 0.05) is 12.5 Å². The van der Waals surface area contributed by atoms with Crippen LogP contribution in [0.25, 0.3) is 0 Å². The van der Waals surface area contributed by atoms with Gasteiger partial charge in [-0.05, 0) is 49.4 Å². The van der Waals surface area contributed by atoms with Crippen LogP contribution in [-0.4, -0.2) is 39.8 Å². The van der Waals surface area contributed by atoms with Crippen molar-refractivity contribution in [3.63, 3.8) is 0 Å². The Balaban J connectivity index is 1.97. The van der Waals surface area contributed by atoms with Gasteiger partial charge in [-0.2, -0.15) is 0 Å². The molecular formula is C19H30N2O4. The molecule has 2 rings (SSSR count). The second-order valence-corrected chi connectivity index (χ2v) is 6.49. The van der Waals surface area contributed by atoms with Crippen molar-refractivity contribution in [1.82, 2.24) is 5.32 Å². The van der Waals surface area contributed by atoms with Crippen LogP contribution >= 0.6 is 0 Å². The second kappa shape index (κ2) is 9.51. The summed E-state index contributed by atoms with van der Waals surface area (Å²) in [5.41, 5.74) is 6.81. The maximum atomic E-state index is 12.3. The lowest BCUT2D eigenvalue weighted by molar-refractivity contribution is -0.122. The quantitative estimate of drug-likeness (QED) is 0.751. The van der Waals surface area contributed by atoms with Crippen LogP contribution in [0.5, 0.6) is 17.2 Å². The number of amides is 1. The van der Waals surface area contributed by atoms with Gasteiger partial charge in [-0.15, -0.1) is 0 Å². The van der Waals surface area contributed by atoms with E-state index < -0.39 is 0 Å². The minimum absolute atomic E-state index is 0.0686. The van der Waals surface area contributed by atoms with Gasteiger partial charge >= 0.3 is 0 Å². The average Bonchev–Trinajstić information content (AvgIpc) is 2.65. The minimum Gasteiger partial charge on any atom is -0.493 e. The number of benzene rings is 1. The van der Waals surface area contributed by atoms with Crippen LogP contribution in [0.4, 0.5) is 0 Å². The summed E-state index contributed by atoms with van der Waals surface area (Å²) in [6.45, 7) is 0.637. The third-order valence-corrected chi connectivity index (χ3v) is 4.92. The van der Waals surface area contributed by atoms with E-state index in [0.29, 0.717) is 42.6 Å². The van der Waals surface area contributed by atoms with Crippen LogP contribution in [0.2, 0.25) is 0 Å². The first-order valence-corrected chi connectivity index (χ1v) is 8.91. The molecule has 140 valence electrons. The minimum atomic E-state index is 0.0686. The molecule has 25 heavy (non-hydrogen) atoms. The molecule has 3 N–H and O–H groups in total. The number of hydrogen-bond donors (Lipinski definition) is 2. The molecule has 1 aliphatic carbocycles. The van der Waals surface area contributed by atoms with Gasteiger partial charge in [0.05, 0.1) is 21.3 Å². The van der Waals surface area contributed by atoms with Crippen LogP contribution in [-0.2, 0) is 11.2 Å². The van der Waals surface area contributed by atoms with E-state index in [4.69, 9.17) is 19.9 Å². The monoisotopic (exact) mass is 350 g/mol. The van der Waals surface area contributed by atoms with Gasteiger partial charge in [0.2, 0.25) is 11.7 Å². The van der Waals surface area contributed by atoms with Crippen molar-refractivity contribution in [2.45, 2.75) is 44.6 Å². The molecule has 0 spiro atoms. The molecule has 1 saturated carbocycles.